The maximum absolute atomic E-state index is 13.7. The first-order valence-electron chi connectivity index (χ1n) is 12.2. The Morgan fingerprint density at radius 3 is 2.19 bits per heavy atom. The zero-order chi connectivity index (χ0) is 26.0. The van der Waals surface area contributed by atoms with Gasteiger partial charge in [-0.25, -0.2) is 4.79 Å². The van der Waals surface area contributed by atoms with Crippen molar-refractivity contribution in [3.05, 3.63) is 108 Å². The monoisotopic (exact) mass is 514 g/mol. The van der Waals surface area contributed by atoms with E-state index in [-0.39, 0.29) is 12.5 Å². The average molecular weight is 515 g/mol. The molecule has 0 bridgehead atoms. The largest absolute Gasteiger partial charge is 0.492 e. The molecular weight excluding hydrogens is 484 g/mol. The average Bonchev–Trinajstić information content (AvgIpc) is 3.34. The van der Waals surface area contributed by atoms with Crippen molar-refractivity contribution in [3.63, 3.8) is 0 Å². The number of nitrogens with one attached hydrogen (secondary N) is 1. The summed E-state index contributed by atoms with van der Waals surface area (Å²) in [6.07, 6.45) is 0. The van der Waals surface area contributed by atoms with E-state index in [9.17, 15) is 9.59 Å². The first kappa shape index (κ1) is 26.1. The van der Waals surface area contributed by atoms with Crippen LogP contribution in [0.15, 0.2) is 97.1 Å². The van der Waals surface area contributed by atoms with Gasteiger partial charge in [0.05, 0.1) is 12.2 Å². The Balaban J connectivity index is 1.57. The van der Waals surface area contributed by atoms with Crippen molar-refractivity contribution < 1.29 is 19.1 Å². The number of thiophene rings is 1. The molecule has 1 aromatic heterocycles. The molecule has 6 nitrogen and oxygen atoms in total. The van der Waals surface area contributed by atoms with Crippen LogP contribution in [-0.2, 0) is 9.53 Å². The summed E-state index contributed by atoms with van der Waals surface area (Å²) in [5.41, 5.74) is 2.16. The Kier molecular flexibility index (Phi) is 9.08. The molecule has 0 saturated heterocycles. The number of esters is 1. The molecule has 0 fully saturated rings. The van der Waals surface area contributed by atoms with E-state index in [0.29, 0.717) is 23.7 Å². The third-order valence-electron chi connectivity index (χ3n) is 5.78. The fourth-order valence-electron chi connectivity index (χ4n) is 3.96. The van der Waals surface area contributed by atoms with Gasteiger partial charge in [-0.1, -0.05) is 78.9 Å². The molecule has 4 rings (SSSR count). The molecule has 0 unspecified atom stereocenters. The summed E-state index contributed by atoms with van der Waals surface area (Å²) in [7, 11) is 1.89. The number of hydrogen-bond acceptors (Lipinski definition) is 6. The molecule has 3 aromatic carbocycles. The summed E-state index contributed by atoms with van der Waals surface area (Å²) in [6.45, 7) is 2.95. The predicted molar refractivity (Wildman–Crippen MR) is 148 cm³/mol. The van der Waals surface area contributed by atoms with Crippen molar-refractivity contribution in [3.8, 4) is 16.2 Å². The van der Waals surface area contributed by atoms with Crippen LogP contribution < -0.4 is 10.1 Å². The maximum atomic E-state index is 13.7. The van der Waals surface area contributed by atoms with E-state index >= 15 is 0 Å². The number of likely N-dealkylation sites (N-methyl/N-ethyl adjacent to an activating group) is 1. The van der Waals surface area contributed by atoms with Gasteiger partial charge in [-0.2, -0.15) is 0 Å². The van der Waals surface area contributed by atoms with Crippen LogP contribution >= 0.6 is 11.3 Å². The highest BCUT2D eigenvalue weighted by Crippen LogP contribution is 2.37. The fourth-order valence-corrected chi connectivity index (χ4v) is 5.02. The molecule has 1 heterocycles. The van der Waals surface area contributed by atoms with E-state index in [1.807, 2.05) is 103 Å². The molecule has 0 aliphatic rings. The molecule has 4 aromatic rings. The van der Waals surface area contributed by atoms with Crippen LogP contribution in [0.4, 0.5) is 5.00 Å². The number of nitrogens with zero attached hydrogens (tertiary/aromatic N) is 1. The van der Waals surface area contributed by atoms with E-state index in [1.54, 1.807) is 13.0 Å². The number of rotatable bonds is 11. The minimum Gasteiger partial charge on any atom is -0.492 e. The fraction of sp³-hybridized carbons (Fsp3) is 0.200. The van der Waals surface area contributed by atoms with Crippen LogP contribution in [0.5, 0.6) is 5.75 Å². The number of amides is 1. The van der Waals surface area contributed by atoms with Gasteiger partial charge in [-0.05, 0) is 43.3 Å². The molecule has 0 radical (unpaired) electrons. The Morgan fingerprint density at radius 2 is 1.54 bits per heavy atom. The van der Waals surface area contributed by atoms with Gasteiger partial charge in [0.1, 0.15) is 23.4 Å². The number of carbonyl (C=O) groups is 2. The van der Waals surface area contributed by atoms with Gasteiger partial charge < -0.3 is 14.8 Å². The lowest BCUT2D eigenvalue weighted by Crippen LogP contribution is -2.37. The Hall–Kier alpha value is -3.94. The number of benzene rings is 3. The van der Waals surface area contributed by atoms with Gasteiger partial charge in [0.2, 0.25) is 5.91 Å². The Morgan fingerprint density at radius 1 is 0.919 bits per heavy atom. The smallest absolute Gasteiger partial charge is 0.341 e. The topological polar surface area (TPSA) is 67.9 Å². The number of carbonyl (C=O) groups excluding carboxylic acids is 2. The molecule has 37 heavy (non-hydrogen) atoms. The van der Waals surface area contributed by atoms with Crippen LogP contribution in [0, 0.1) is 0 Å². The van der Waals surface area contributed by atoms with Crippen LogP contribution in [0.25, 0.3) is 10.4 Å². The maximum Gasteiger partial charge on any atom is 0.341 e. The molecule has 0 spiro atoms. The normalized spacial score (nSPS) is 11.6. The minimum absolute atomic E-state index is 0.236. The lowest BCUT2D eigenvalue weighted by molar-refractivity contribution is -0.121. The summed E-state index contributed by atoms with van der Waals surface area (Å²) in [5, 5.41) is 3.49. The van der Waals surface area contributed by atoms with Gasteiger partial charge in [-0.3, -0.25) is 9.69 Å². The summed E-state index contributed by atoms with van der Waals surface area (Å²) < 4.78 is 11.1. The van der Waals surface area contributed by atoms with Gasteiger partial charge in [-0.15, -0.1) is 11.3 Å². The number of ether oxygens (including phenoxy) is 2. The second-order valence-corrected chi connectivity index (χ2v) is 9.44. The molecular formula is C30H30N2O4S. The molecule has 1 amide bonds. The molecule has 1 N–H and O–H groups in total. The summed E-state index contributed by atoms with van der Waals surface area (Å²) in [4.78, 5) is 29.3. The number of hydrogen-bond donors (Lipinski definition) is 1. The molecule has 0 aliphatic heterocycles. The lowest BCUT2D eigenvalue weighted by Gasteiger charge is -2.27. The molecule has 1 atom stereocenters. The van der Waals surface area contributed by atoms with E-state index < -0.39 is 12.0 Å². The minimum atomic E-state index is -0.585. The van der Waals surface area contributed by atoms with Gasteiger partial charge in [0.25, 0.3) is 0 Å². The van der Waals surface area contributed by atoms with Crippen LogP contribution in [0.3, 0.4) is 0 Å². The number of para-hydroxylation sites is 1. The standard InChI is InChI=1S/C30H30N2O4S/c1-3-35-30(34)25-21-26(22-13-7-4-8-14-22)37-29(25)31-28(33)27(23-15-9-5-10-16-23)32(2)19-20-36-24-17-11-6-12-18-24/h4-18,21,27H,3,19-20H2,1-2H3,(H,31,33)/t27-/m1/s1. The SMILES string of the molecule is CCOC(=O)c1cc(-c2ccccc2)sc1NC(=O)[C@@H](c1ccccc1)N(C)CCOc1ccccc1. The predicted octanol–water partition coefficient (Wildman–Crippen LogP) is 6.28. The van der Waals surface area contributed by atoms with Crippen LogP contribution in [-0.4, -0.2) is 43.6 Å². The van der Waals surface area contributed by atoms with Crippen LogP contribution in [0.2, 0.25) is 0 Å². The van der Waals surface area contributed by atoms with Gasteiger partial charge >= 0.3 is 5.97 Å². The van der Waals surface area contributed by atoms with E-state index in [1.165, 1.54) is 11.3 Å². The lowest BCUT2D eigenvalue weighted by atomic mass is 10.0. The molecule has 7 heteroatoms. The Labute approximate surface area is 221 Å². The van der Waals surface area contributed by atoms with Crippen molar-refractivity contribution in [2.45, 2.75) is 13.0 Å². The van der Waals surface area contributed by atoms with Crippen molar-refractivity contribution in [1.82, 2.24) is 4.90 Å². The van der Waals surface area contributed by atoms with E-state index in [4.69, 9.17) is 9.47 Å². The molecule has 0 saturated carbocycles. The first-order chi connectivity index (χ1) is 18.1. The highest BCUT2D eigenvalue weighted by molar-refractivity contribution is 7.20. The van der Waals surface area contributed by atoms with Crippen molar-refractivity contribution in [2.24, 2.45) is 0 Å². The molecule has 190 valence electrons. The van der Waals surface area contributed by atoms with E-state index in [0.717, 1.165) is 21.8 Å². The van der Waals surface area contributed by atoms with Gasteiger partial charge in [0, 0.05) is 11.4 Å². The van der Waals surface area contributed by atoms with E-state index in [2.05, 4.69) is 5.32 Å². The summed E-state index contributed by atoms with van der Waals surface area (Å²) in [6, 6.07) is 30.1. The second kappa shape index (κ2) is 12.9. The van der Waals surface area contributed by atoms with Gasteiger partial charge in [0.15, 0.2) is 0 Å². The van der Waals surface area contributed by atoms with Crippen molar-refractivity contribution in [2.75, 3.05) is 32.1 Å². The van der Waals surface area contributed by atoms with Crippen molar-refractivity contribution >= 4 is 28.2 Å². The highest BCUT2D eigenvalue weighted by Gasteiger charge is 2.28. The third-order valence-corrected chi connectivity index (χ3v) is 6.88. The second-order valence-electron chi connectivity index (χ2n) is 8.38. The first-order valence-corrected chi connectivity index (χ1v) is 13.0. The summed E-state index contributed by atoms with van der Waals surface area (Å²) >= 11 is 1.36. The molecule has 0 aliphatic carbocycles. The van der Waals surface area contributed by atoms with Crippen LogP contribution in [0.1, 0.15) is 28.9 Å². The number of anilines is 1. The quantitative estimate of drug-likeness (QED) is 0.239. The highest BCUT2D eigenvalue weighted by atomic mass is 32.1. The summed E-state index contributed by atoms with van der Waals surface area (Å²) in [5.74, 6) is 0.0836. The zero-order valence-electron chi connectivity index (χ0n) is 20.9. The van der Waals surface area contributed by atoms with Crippen molar-refractivity contribution in [1.29, 1.82) is 0 Å². The Bertz CT molecular complexity index is 1290. The third kappa shape index (κ3) is 6.84. The zero-order valence-corrected chi connectivity index (χ0v) is 21.7.